The van der Waals surface area contributed by atoms with Gasteiger partial charge in [-0.15, -0.1) is 0 Å². The van der Waals surface area contributed by atoms with E-state index in [4.69, 9.17) is 9.47 Å². The topological polar surface area (TPSA) is 21.7 Å². The summed E-state index contributed by atoms with van der Waals surface area (Å²) in [7, 11) is 0. The minimum Gasteiger partial charge on any atom is -0.348 e. The zero-order valence-electron chi connectivity index (χ0n) is 9.29. The second kappa shape index (κ2) is 4.17. The Morgan fingerprint density at radius 3 is 2.57 bits per heavy atom. The predicted molar refractivity (Wildman–Crippen MR) is 55.2 cm³/mol. The average molecular weight is 199 g/mol. The second-order valence-electron chi connectivity index (χ2n) is 4.79. The molecule has 0 aromatic carbocycles. The molecule has 0 aromatic rings. The molecule has 14 heavy (non-hydrogen) atoms. The molecule has 82 valence electrons. The van der Waals surface area contributed by atoms with Crippen LogP contribution in [0.15, 0.2) is 0 Å². The number of hydrogen-bond donors (Lipinski definition) is 0. The lowest BCUT2D eigenvalue weighted by Gasteiger charge is -2.19. The van der Waals surface area contributed by atoms with Crippen molar-refractivity contribution in [2.75, 3.05) is 26.2 Å². The maximum absolute atomic E-state index is 5.76. The summed E-state index contributed by atoms with van der Waals surface area (Å²) in [4.78, 5) is 2.52. The van der Waals surface area contributed by atoms with Gasteiger partial charge in [-0.1, -0.05) is 0 Å². The summed E-state index contributed by atoms with van der Waals surface area (Å²) in [5.41, 5.74) is 0. The van der Waals surface area contributed by atoms with Crippen LogP contribution in [-0.4, -0.2) is 43.0 Å². The van der Waals surface area contributed by atoms with Gasteiger partial charge in [0.1, 0.15) is 0 Å². The molecule has 2 saturated heterocycles. The molecule has 2 fully saturated rings. The lowest BCUT2D eigenvalue weighted by atomic mass is 10.2. The highest BCUT2D eigenvalue weighted by atomic mass is 16.7. The van der Waals surface area contributed by atoms with Crippen LogP contribution in [0.4, 0.5) is 0 Å². The first kappa shape index (κ1) is 10.4. The molecule has 0 aromatic heterocycles. The minimum absolute atomic E-state index is 0.311. The summed E-state index contributed by atoms with van der Waals surface area (Å²) in [5.74, 6) is -0.352. The molecule has 0 aliphatic carbocycles. The van der Waals surface area contributed by atoms with Gasteiger partial charge in [-0.05, 0) is 46.2 Å². The third kappa shape index (κ3) is 2.69. The fraction of sp³-hybridized carbons (Fsp3) is 1.00. The normalized spacial score (nSPS) is 32.6. The molecule has 2 aliphatic rings. The van der Waals surface area contributed by atoms with Crippen LogP contribution in [0, 0.1) is 0 Å². The van der Waals surface area contributed by atoms with E-state index in [-0.39, 0.29) is 5.79 Å². The highest BCUT2D eigenvalue weighted by molar-refractivity contribution is 4.74. The average Bonchev–Trinajstić information content (AvgIpc) is 2.70. The quantitative estimate of drug-likeness (QED) is 0.689. The number of ether oxygens (including phenoxy) is 2. The molecule has 0 amide bonds. The van der Waals surface area contributed by atoms with Crippen LogP contribution in [0.2, 0.25) is 0 Å². The van der Waals surface area contributed by atoms with Crippen LogP contribution in [-0.2, 0) is 9.47 Å². The van der Waals surface area contributed by atoms with E-state index in [9.17, 15) is 0 Å². The Hall–Kier alpha value is -0.120. The van der Waals surface area contributed by atoms with Crippen LogP contribution in [0.5, 0.6) is 0 Å². The van der Waals surface area contributed by atoms with Crippen LogP contribution in [0.25, 0.3) is 0 Å². The van der Waals surface area contributed by atoms with Crippen LogP contribution in [0.1, 0.15) is 33.1 Å². The van der Waals surface area contributed by atoms with Gasteiger partial charge in [0, 0.05) is 6.54 Å². The van der Waals surface area contributed by atoms with Crippen molar-refractivity contribution in [2.24, 2.45) is 0 Å². The van der Waals surface area contributed by atoms with Gasteiger partial charge in [-0.25, -0.2) is 0 Å². The van der Waals surface area contributed by atoms with E-state index in [2.05, 4.69) is 4.90 Å². The van der Waals surface area contributed by atoms with Crippen LogP contribution in [0.3, 0.4) is 0 Å². The van der Waals surface area contributed by atoms with Crippen molar-refractivity contribution in [3.05, 3.63) is 0 Å². The number of rotatable bonds is 3. The predicted octanol–water partition coefficient (Wildman–Crippen LogP) is 1.62. The SMILES string of the molecule is CC1(C)OCC(CCN2CCCC2)O1. The fourth-order valence-corrected chi connectivity index (χ4v) is 2.24. The fourth-order valence-electron chi connectivity index (χ4n) is 2.24. The molecule has 0 radical (unpaired) electrons. The molecule has 2 heterocycles. The smallest absolute Gasteiger partial charge is 0.163 e. The summed E-state index contributed by atoms with van der Waals surface area (Å²) in [6.07, 6.45) is 4.16. The summed E-state index contributed by atoms with van der Waals surface area (Å²) >= 11 is 0. The van der Waals surface area contributed by atoms with Crippen molar-refractivity contribution in [1.29, 1.82) is 0 Å². The molecule has 3 nitrogen and oxygen atoms in total. The van der Waals surface area contributed by atoms with Gasteiger partial charge in [-0.3, -0.25) is 0 Å². The van der Waals surface area contributed by atoms with Gasteiger partial charge >= 0.3 is 0 Å². The van der Waals surface area contributed by atoms with Gasteiger partial charge in [0.15, 0.2) is 5.79 Å². The van der Waals surface area contributed by atoms with Gasteiger partial charge in [0.05, 0.1) is 12.7 Å². The Bertz CT molecular complexity index is 188. The Kier molecular flexibility index (Phi) is 3.10. The lowest BCUT2D eigenvalue weighted by Crippen LogP contribution is -2.26. The largest absolute Gasteiger partial charge is 0.348 e. The molecule has 2 rings (SSSR count). The summed E-state index contributed by atoms with van der Waals surface area (Å²) in [6, 6.07) is 0. The molecule has 0 saturated carbocycles. The molecule has 1 atom stereocenters. The molecular formula is C11H21NO2. The first-order chi connectivity index (χ1) is 6.66. The third-order valence-electron chi connectivity index (χ3n) is 3.03. The molecule has 0 spiro atoms. The summed E-state index contributed by atoms with van der Waals surface area (Å²) < 4.78 is 11.3. The lowest BCUT2D eigenvalue weighted by molar-refractivity contribution is -0.139. The Labute approximate surface area is 86.4 Å². The summed E-state index contributed by atoms with van der Waals surface area (Å²) in [5, 5.41) is 0. The van der Waals surface area contributed by atoms with Crippen molar-refractivity contribution in [3.8, 4) is 0 Å². The van der Waals surface area contributed by atoms with Crippen molar-refractivity contribution >= 4 is 0 Å². The molecule has 3 heteroatoms. The minimum atomic E-state index is -0.352. The van der Waals surface area contributed by atoms with Gasteiger partial charge < -0.3 is 14.4 Å². The molecule has 0 bridgehead atoms. The standard InChI is InChI=1S/C11H21NO2/c1-11(2)13-9-10(14-11)5-8-12-6-3-4-7-12/h10H,3-9H2,1-2H3. The van der Waals surface area contributed by atoms with E-state index in [1.165, 1.54) is 32.5 Å². The van der Waals surface area contributed by atoms with Gasteiger partial charge in [0.2, 0.25) is 0 Å². The third-order valence-corrected chi connectivity index (χ3v) is 3.03. The van der Waals surface area contributed by atoms with Crippen molar-refractivity contribution in [2.45, 2.75) is 45.0 Å². The number of nitrogens with zero attached hydrogens (tertiary/aromatic N) is 1. The van der Waals surface area contributed by atoms with Gasteiger partial charge in [-0.2, -0.15) is 0 Å². The van der Waals surface area contributed by atoms with E-state index in [0.717, 1.165) is 13.0 Å². The summed E-state index contributed by atoms with van der Waals surface area (Å²) in [6.45, 7) is 8.46. The first-order valence-electron chi connectivity index (χ1n) is 5.70. The van der Waals surface area contributed by atoms with E-state index < -0.39 is 0 Å². The molecule has 1 unspecified atom stereocenters. The Morgan fingerprint density at radius 1 is 1.29 bits per heavy atom. The van der Waals surface area contributed by atoms with E-state index in [0.29, 0.717) is 6.10 Å². The molecular weight excluding hydrogens is 178 g/mol. The number of likely N-dealkylation sites (tertiary alicyclic amines) is 1. The zero-order chi connectivity index (χ0) is 10.0. The van der Waals surface area contributed by atoms with E-state index >= 15 is 0 Å². The maximum atomic E-state index is 5.76. The maximum Gasteiger partial charge on any atom is 0.163 e. The zero-order valence-corrected chi connectivity index (χ0v) is 9.29. The first-order valence-corrected chi connectivity index (χ1v) is 5.70. The van der Waals surface area contributed by atoms with Gasteiger partial charge in [0.25, 0.3) is 0 Å². The van der Waals surface area contributed by atoms with Crippen LogP contribution < -0.4 is 0 Å². The van der Waals surface area contributed by atoms with E-state index in [1.807, 2.05) is 13.8 Å². The second-order valence-corrected chi connectivity index (χ2v) is 4.79. The van der Waals surface area contributed by atoms with E-state index in [1.54, 1.807) is 0 Å². The molecule has 2 aliphatic heterocycles. The Morgan fingerprint density at radius 2 is 2.00 bits per heavy atom. The highest BCUT2D eigenvalue weighted by Gasteiger charge is 2.32. The van der Waals surface area contributed by atoms with Crippen molar-refractivity contribution in [3.63, 3.8) is 0 Å². The number of hydrogen-bond acceptors (Lipinski definition) is 3. The highest BCUT2D eigenvalue weighted by Crippen LogP contribution is 2.24. The Balaban J connectivity index is 1.66. The van der Waals surface area contributed by atoms with Crippen LogP contribution >= 0.6 is 0 Å². The van der Waals surface area contributed by atoms with Crippen molar-refractivity contribution in [1.82, 2.24) is 4.90 Å². The van der Waals surface area contributed by atoms with Crippen molar-refractivity contribution < 1.29 is 9.47 Å². The monoisotopic (exact) mass is 199 g/mol. The molecule has 0 N–H and O–H groups in total.